The number of carbonyl (C=O) groups is 2. The van der Waals surface area contributed by atoms with Gasteiger partial charge in [0.15, 0.2) is 15.7 Å². The van der Waals surface area contributed by atoms with Crippen molar-refractivity contribution in [3.05, 3.63) is 35.9 Å². The van der Waals surface area contributed by atoms with E-state index in [2.05, 4.69) is 15.7 Å². The van der Waals surface area contributed by atoms with Crippen LogP contribution >= 0.6 is 0 Å². The Balaban J connectivity index is 1.70. The highest BCUT2D eigenvalue weighted by Crippen LogP contribution is 2.36. The molecule has 0 saturated carbocycles. The number of hydrogen-bond donors (Lipinski definition) is 2. The number of carbonyl (C=O) groups excluding carboxylic acids is 2. The number of aryl methyl sites for hydroxylation is 1. The van der Waals surface area contributed by atoms with Crippen LogP contribution in [0.2, 0.25) is 0 Å². The second-order valence-corrected chi connectivity index (χ2v) is 8.43. The Morgan fingerprint density at radius 1 is 1.35 bits per heavy atom. The molecule has 0 spiro atoms. The summed E-state index contributed by atoms with van der Waals surface area (Å²) in [6.07, 6.45) is 0.132. The average Bonchev–Trinajstić information content (AvgIpc) is 2.90. The first kappa shape index (κ1) is 18.1. The molecule has 2 heterocycles. The zero-order chi connectivity index (χ0) is 18.9. The van der Waals surface area contributed by atoms with Crippen molar-refractivity contribution in [1.29, 1.82) is 0 Å². The van der Waals surface area contributed by atoms with Crippen molar-refractivity contribution in [2.75, 3.05) is 16.4 Å². The van der Waals surface area contributed by atoms with Gasteiger partial charge in [0.1, 0.15) is 5.82 Å². The van der Waals surface area contributed by atoms with Gasteiger partial charge in [0.25, 0.3) is 0 Å². The maximum absolute atomic E-state index is 12.3. The lowest BCUT2D eigenvalue weighted by Gasteiger charge is -2.20. The van der Waals surface area contributed by atoms with Gasteiger partial charge in [-0.25, -0.2) is 8.42 Å². The molecule has 0 saturated heterocycles. The lowest BCUT2D eigenvalue weighted by atomic mass is 9.95. The van der Waals surface area contributed by atoms with Gasteiger partial charge in [-0.15, -0.1) is 0 Å². The molecule has 1 atom stereocenters. The maximum Gasteiger partial charge on any atom is 0.226 e. The van der Waals surface area contributed by atoms with Crippen LogP contribution in [0.25, 0.3) is 0 Å². The molecule has 8 nitrogen and oxygen atoms in total. The molecule has 1 aliphatic rings. The molecule has 0 radical (unpaired) electrons. The fourth-order valence-electron chi connectivity index (χ4n) is 2.98. The Kier molecular flexibility index (Phi) is 4.82. The van der Waals surface area contributed by atoms with E-state index in [-0.39, 0.29) is 28.9 Å². The number of benzene rings is 1. The molecule has 1 aromatic heterocycles. The van der Waals surface area contributed by atoms with E-state index in [0.717, 1.165) is 5.56 Å². The van der Waals surface area contributed by atoms with E-state index < -0.39 is 15.7 Å². The summed E-state index contributed by atoms with van der Waals surface area (Å²) in [6.45, 7) is 1.88. The van der Waals surface area contributed by atoms with Crippen molar-refractivity contribution in [2.45, 2.75) is 30.6 Å². The highest BCUT2D eigenvalue weighted by molar-refractivity contribution is 7.91. The van der Waals surface area contributed by atoms with Gasteiger partial charge in [-0.1, -0.05) is 25.1 Å². The number of sulfone groups is 1. The highest BCUT2D eigenvalue weighted by Gasteiger charge is 2.29. The topological polar surface area (TPSA) is 110 Å². The molecule has 138 valence electrons. The summed E-state index contributed by atoms with van der Waals surface area (Å²) in [6, 6.07) is 8.03. The van der Waals surface area contributed by atoms with Crippen molar-refractivity contribution in [3.8, 4) is 0 Å². The minimum atomic E-state index is -3.52. The molecule has 2 amide bonds. The van der Waals surface area contributed by atoms with E-state index in [4.69, 9.17) is 0 Å². The predicted molar refractivity (Wildman–Crippen MR) is 96.6 cm³/mol. The first-order valence-electron chi connectivity index (χ1n) is 8.22. The van der Waals surface area contributed by atoms with E-state index in [0.29, 0.717) is 18.1 Å². The lowest BCUT2D eigenvalue weighted by Crippen LogP contribution is -2.23. The van der Waals surface area contributed by atoms with Crippen LogP contribution in [0.5, 0.6) is 0 Å². The fraction of sp³-hybridized carbons (Fsp3) is 0.353. The molecule has 2 aromatic rings. The summed E-state index contributed by atoms with van der Waals surface area (Å²) in [5.74, 6) is 0.00709. The second-order valence-electron chi connectivity index (χ2n) is 6.32. The van der Waals surface area contributed by atoms with Gasteiger partial charge in [-0.05, 0) is 18.1 Å². The molecular weight excluding hydrogens is 356 g/mol. The van der Waals surface area contributed by atoms with Crippen LogP contribution < -0.4 is 10.6 Å². The zero-order valence-electron chi connectivity index (χ0n) is 14.5. The quantitative estimate of drug-likeness (QED) is 0.825. The van der Waals surface area contributed by atoms with Crippen molar-refractivity contribution >= 4 is 33.3 Å². The summed E-state index contributed by atoms with van der Waals surface area (Å²) in [5.41, 5.74) is 0.756. The van der Waals surface area contributed by atoms with Crippen LogP contribution in [0.4, 0.5) is 11.6 Å². The van der Waals surface area contributed by atoms with Crippen LogP contribution in [0.3, 0.4) is 0 Å². The Morgan fingerprint density at radius 3 is 2.73 bits per heavy atom. The molecule has 0 bridgehead atoms. The Labute approximate surface area is 151 Å². The molecule has 1 aromatic carbocycles. The van der Waals surface area contributed by atoms with Crippen molar-refractivity contribution in [2.24, 2.45) is 7.05 Å². The Hall–Kier alpha value is -2.68. The number of nitrogens with one attached hydrogen (secondary N) is 2. The predicted octanol–water partition coefficient (Wildman–Crippen LogP) is 1.67. The molecule has 1 aliphatic heterocycles. The fourth-order valence-corrected chi connectivity index (χ4v) is 4.24. The smallest absolute Gasteiger partial charge is 0.226 e. The minimum absolute atomic E-state index is 0.0872. The van der Waals surface area contributed by atoms with Crippen molar-refractivity contribution in [3.63, 3.8) is 0 Å². The summed E-state index contributed by atoms with van der Waals surface area (Å²) >= 11 is 0. The average molecular weight is 376 g/mol. The van der Waals surface area contributed by atoms with E-state index in [1.165, 1.54) is 16.8 Å². The zero-order valence-corrected chi connectivity index (χ0v) is 15.3. The Morgan fingerprint density at radius 2 is 2.04 bits per heavy atom. The maximum atomic E-state index is 12.3. The number of amides is 2. The van der Waals surface area contributed by atoms with Gasteiger partial charge in [-0.3, -0.25) is 14.3 Å². The number of aromatic nitrogens is 2. The summed E-state index contributed by atoms with van der Waals surface area (Å²) in [4.78, 5) is 24.1. The van der Waals surface area contributed by atoms with Crippen LogP contribution in [0, 0.1) is 0 Å². The largest absolute Gasteiger partial charge is 0.311 e. The molecular formula is C17H20N4O4S. The first-order valence-corrected chi connectivity index (χ1v) is 9.87. The van der Waals surface area contributed by atoms with Gasteiger partial charge in [0.2, 0.25) is 11.8 Å². The summed E-state index contributed by atoms with van der Waals surface area (Å²) < 4.78 is 26.0. The van der Waals surface area contributed by atoms with Gasteiger partial charge in [0.05, 0.1) is 10.6 Å². The number of rotatable bonds is 5. The summed E-state index contributed by atoms with van der Waals surface area (Å²) in [5, 5.41) is 9.66. The van der Waals surface area contributed by atoms with E-state index in [1.807, 2.05) is 6.92 Å². The Bertz CT molecular complexity index is 951. The van der Waals surface area contributed by atoms with Crippen LogP contribution in [0.1, 0.15) is 31.2 Å². The third-order valence-corrected chi connectivity index (χ3v) is 6.02. The number of anilines is 2. The van der Waals surface area contributed by atoms with Gasteiger partial charge < -0.3 is 10.6 Å². The van der Waals surface area contributed by atoms with Crippen LogP contribution in [-0.4, -0.2) is 35.8 Å². The van der Waals surface area contributed by atoms with Crippen molar-refractivity contribution in [1.82, 2.24) is 9.78 Å². The van der Waals surface area contributed by atoms with E-state index in [1.54, 1.807) is 25.2 Å². The molecule has 26 heavy (non-hydrogen) atoms. The summed E-state index contributed by atoms with van der Waals surface area (Å²) in [7, 11) is -1.85. The standard InChI is InChI=1S/C17H20N4O4S/c1-11-10-14(23)19-17-15(11)16(20-21(17)2)18-13(22)8-9-26(24,25)12-6-4-3-5-7-12/h3-7,11H,8-10H2,1-2H3,(H,19,23)(H,18,20,22)/t11-/m0/s1. The molecule has 0 fully saturated rings. The first-order chi connectivity index (χ1) is 12.3. The van der Waals surface area contributed by atoms with Crippen LogP contribution in [-0.2, 0) is 26.5 Å². The van der Waals surface area contributed by atoms with Gasteiger partial charge in [-0.2, -0.15) is 5.10 Å². The second kappa shape index (κ2) is 6.91. The lowest BCUT2D eigenvalue weighted by molar-refractivity contribution is -0.117. The monoisotopic (exact) mass is 376 g/mol. The van der Waals surface area contributed by atoms with E-state index in [9.17, 15) is 18.0 Å². The number of fused-ring (bicyclic) bond motifs is 1. The normalized spacial score (nSPS) is 16.7. The third-order valence-electron chi connectivity index (χ3n) is 4.28. The van der Waals surface area contributed by atoms with Crippen molar-refractivity contribution < 1.29 is 18.0 Å². The van der Waals surface area contributed by atoms with Crippen LogP contribution in [0.15, 0.2) is 35.2 Å². The molecule has 0 aliphatic carbocycles. The number of nitrogens with zero attached hydrogens (tertiary/aromatic N) is 2. The molecule has 9 heteroatoms. The molecule has 3 rings (SSSR count). The molecule has 0 unspecified atom stereocenters. The molecule has 2 N–H and O–H groups in total. The van der Waals surface area contributed by atoms with Gasteiger partial charge >= 0.3 is 0 Å². The third kappa shape index (κ3) is 3.62. The van der Waals surface area contributed by atoms with E-state index >= 15 is 0 Å². The SMILES string of the molecule is C[C@H]1CC(=O)Nc2c1c(NC(=O)CCS(=O)(=O)c1ccccc1)nn2C. The highest BCUT2D eigenvalue weighted by atomic mass is 32.2. The minimum Gasteiger partial charge on any atom is -0.311 e. The number of hydrogen-bond acceptors (Lipinski definition) is 5. The van der Waals surface area contributed by atoms with Gasteiger partial charge in [0, 0.05) is 25.5 Å².